The Balaban J connectivity index is 1.83. The predicted octanol–water partition coefficient (Wildman–Crippen LogP) is 2.22. The molecule has 0 aliphatic heterocycles. The van der Waals surface area contributed by atoms with E-state index < -0.39 is 5.97 Å². The molecule has 0 aliphatic rings. The van der Waals surface area contributed by atoms with Gasteiger partial charge >= 0.3 is 5.97 Å². The van der Waals surface area contributed by atoms with Crippen LogP contribution in [-0.4, -0.2) is 32.5 Å². The van der Waals surface area contributed by atoms with Gasteiger partial charge in [-0.3, -0.25) is 0 Å². The molecule has 0 aromatic heterocycles. The first kappa shape index (κ1) is 16.4. The zero-order valence-electron chi connectivity index (χ0n) is 12.8. The molecule has 0 atom stereocenters. The van der Waals surface area contributed by atoms with Crippen molar-refractivity contribution in [3.8, 4) is 11.5 Å². The van der Waals surface area contributed by atoms with Crippen molar-refractivity contribution in [3.05, 3.63) is 59.7 Å². The lowest BCUT2D eigenvalue weighted by Crippen LogP contribution is -2.09. The first-order valence-corrected chi connectivity index (χ1v) is 7.00. The molecule has 0 amide bonds. The summed E-state index contributed by atoms with van der Waals surface area (Å²) in [5.41, 5.74) is 1.30. The highest BCUT2D eigenvalue weighted by Crippen LogP contribution is 2.15. The van der Waals surface area contributed by atoms with Crippen molar-refractivity contribution >= 4 is 12.2 Å². The van der Waals surface area contributed by atoms with E-state index in [4.69, 9.17) is 15.3 Å². The Labute approximate surface area is 134 Å². The van der Waals surface area contributed by atoms with E-state index in [2.05, 4.69) is 9.84 Å². The summed E-state index contributed by atoms with van der Waals surface area (Å²) in [7, 11) is 1.34. The Kier molecular flexibility index (Phi) is 5.99. The zero-order valence-corrected chi connectivity index (χ0v) is 12.8. The van der Waals surface area contributed by atoms with E-state index in [-0.39, 0.29) is 0 Å². The van der Waals surface area contributed by atoms with Crippen molar-refractivity contribution in [2.75, 3.05) is 20.3 Å². The molecule has 0 radical (unpaired) electrons. The number of carbonyl (C=O) groups is 1. The molecule has 6 nitrogen and oxygen atoms in total. The first-order chi connectivity index (χ1) is 11.2. The highest BCUT2D eigenvalue weighted by atomic mass is 16.5. The average Bonchev–Trinajstić information content (AvgIpc) is 2.59. The normalized spacial score (nSPS) is 10.5. The molecular weight excluding hydrogens is 296 g/mol. The number of hydrazone groups is 1. The molecule has 6 heteroatoms. The fourth-order valence-corrected chi connectivity index (χ4v) is 1.92. The van der Waals surface area contributed by atoms with Crippen LogP contribution in [0.5, 0.6) is 11.5 Å². The maximum Gasteiger partial charge on any atom is 0.337 e. The number of carbonyl (C=O) groups excluding carboxylic acids is 1. The maximum atomic E-state index is 11.4. The summed E-state index contributed by atoms with van der Waals surface area (Å²) in [4.78, 5) is 11.4. The van der Waals surface area contributed by atoms with Crippen LogP contribution in [0, 0.1) is 0 Å². The highest BCUT2D eigenvalue weighted by molar-refractivity contribution is 5.89. The molecule has 120 valence electrons. The number of hydrogen-bond acceptors (Lipinski definition) is 6. The number of rotatable bonds is 7. The van der Waals surface area contributed by atoms with E-state index in [9.17, 15) is 4.79 Å². The minimum Gasteiger partial charge on any atom is -0.490 e. The van der Waals surface area contributed by atoms with E-state index in [1.165, 1.54) is 7.11 Å². The second kappa shape index (κ2) is 8.43. The van der Waals surface area contributed by atoms with Gasteiger partial charge in [-0.15, -0.1) is 0 Å². The molecule has 0 fully saturated rings. The van der Waals surface area contributed by atoms with Crippen LogP contribution in [-0.2, 0) is 4.74 Å². The van der Waals surface area contributed by atoms with Gasteiger partial charge in [0.25, 0.3) is 0 Å². The number of nitrogens with two attached hydrogens (primary N) is 1. The van der Waals surface area contributed by atoms with Gasteiger partial charge in [0.05, 0.1) is 18.9 Å². The summed E-state index contributed by atoms with van der Waals surface area (Å²) in [5.74, 6) is 6.00. The summed E-state index contributed by atoms with van der Waals surface area (Å²) < 4.78 is 15.8. The molecule has 23 heavy (non-hydrogen) atoms. The monoisotopic (exact) mass is 314 g/mol. The van der Waals surface area contributed by atoms with Gasteiger partial charge in [-0.05, 0) is 35.9 Å². The van der Waals surface area contributed by atoms with Crippen LogP contribution >= 0.6 is 0 Å². The van der Waals surface area contributed by atoms with Gasteiger partial charge in [0.2, 0.25) is 0 Å². The van der Waals surface area contributed by atoms with Crippen molar-refractivity contribution in [1.82, 2.24) is 0 Å². The third-order valence-electron chi connectivity index (χ3n) is 2.96. The van der Waals surface area contributed by atoms with Gasteiger partial charge < -0.3 is 20.1 Å². The molecule has 0 saturated heterocycles. The fourth-order valence-electron chi connectivity index (χ4n) is 1.92. The lowest BCUT2D eigenvalue weighted by molar-refractivity contribution is 0.0600. The Morgan fingerprint density at radius 3 is 2.39 bits per heavy atom. The van der Waals surface area contributed by atoms with Gasteiger partial charge in [-0.25, -0.2) is 4.79 Å². The standard InChI is InChI=1S/C17H18N2O4/c1-21-17(20)14-5-3-7-16(11-14)23-9-8-22-15-6-2-4-13(10-15)12-19-18/h2-7,10-12H,8-9,18H2,1H3. The van der Waals surface area contributed by atoms with Crippen molar-refractivity contribution in [2.24, 2.45) is 10.9 Å². The number of esters is 1. The number of hydrogen-bond donors (Lipinski definition) is 1. The Morgan fingerprint density at radius 2 is 1.74 bits per heavy atom. The SMILES string of the molecule is COC(=O)c1cccc(OCCOc2cccc(C=NN)c2)c1. The molecule has 0 spiro atoms. The molecule has 0 unspecified atom stereocenters. The molecule has 0 aliphatic carbocycles. The maximum absolute atomic E-state index is 11.4. The van der Waals surface area contributed by atoms with Gasteiger partial charge in [0.15, 0.2) is 0 Å². The van der Waals surface area contributed by atoms with Gasteiger partial charge in [-0.1, -0.05) is 18.2 Å². The van der Waals surface area contributed by atoms with Crippen molar-refractivity contribution in [3.63, 3.8) is 0 Å². The quantitative estimate of drug-likeness (QED) is 0.278. The molecule has 0 saturated carbocycles. The molecule has 0 bridgehead atoms. The number of ether oxygens (including phenoxy) is 3. The topological polar surface area (TPSA) is 83.1 Å². The highest BCUT2D eigenvalue weighted by Gasteiger charge is 2.06. The van der Waals surface area contributed by atoms with Crippen molar-refractivity contribution in [2.45, 2.75) is 0 Å². The largest absolute Gasteiger partial charge is 0.490 e. The van der Waals surface area contributed by atoms with Crippen LogP contribution in [0.25, 0.3) is 0 Å². The Hall–Kier alpha value is -3.02. The van der Waals surface area contributed by atoms with Crippen LogP contribution in [0.4, 0.5) is 0 Å². The van der Waals surface area contributed by atoms with Crippen LogP contribution < -0.4 is 15.3 Å². The number of nitrogens with zero attached hydrogens (tertiary/aromatic N) is 1. The summed E-state index contributed by atoms with van der Waals surface area (Å²) in [6.07, 6.45) is 1.54. The summed E-state index contributed by atoms with van der Waals surface area (Å²) in [6, 6.07) is 14.2. The van der Waals surface area contributed by atoms with Crippen LogP contribution in [0.2, 0.25) is 0 Å². The summed E-state index contributed by atoms with van der Waals surface area (Å²) >= 11 is 0. The molecule has 0 heterocycles. The van der Waals surface area contributed by atoms with Gasteiger partial charge in [0.1, 0.15) is 24.7 Å². The number of methoxy groups -OCH3 is 1. The van der Waals surface area contributed by atoms with Gasteiger partial charge in [-0.2, -0.15) is 5.10 Å². The predicted molar refractivity (Wildman–Crippen MR) is 87.0 cm³/mol. The zero-order chi connectivity index (χ0) is 16.5. The number of benzene rings is 2. The molecule has 2 aromatic carbocycles. The van der Waals surface area contributed by atoms with Crippen LogP contribution in [0.1, 0.15) is 15.9 Å². The summed E-state index contributed by atoms with van der Waals surface area (Å²) in [6.45, 7) is 0.714. The van der Waals surface area contributed by atoms with Crippen LogP contribution in [0.15, 0.2) is 53.6 Å². The smallest absolute Gasteiger partial charge is 0.337 e. The Morgan fingerprint density at radius 1 is 1.09 bits per heavy atom. The fraction of sp³-hybridized carbons (Fsp3) is 0.176. The summed E-state index contributed by atoms with van der Waals surface area (Å²) in [5, 5.41) is 3.47. The average molecular weight is 314 g/mol. The molecule has 2 N–H and O–H groups in total. The first-order valence-electron chi connectivity index (χ1n) is 7.00. The molecular formula is C17H18N2O4. The second-order valence-electron chi connectivity index (χ2n) is 4.57. The third-order valence-corrected chi connectivity index (χ3v) is 2.96. The van der Waals surface area contributed by atoms with E-state index >= 15 is 0 Å². The van der Waals surface area contributed by atoms with Crippen LogP contribution in [0.3, 0.4) is 0 Å². The third kappa shape index (κ3) is 5.03. The van der Waals surface area contributed by atoms with Crippen molar-refractivity contribution in [1.29, 1.82) is 0 Å². The van der Waals surface area contributed by atoms with E-state index in [0.717, 1.165) is 5.56 Å². The van der Waals surface area contributed by atoms with E-state index in [0.29, 0.717) is 30.3 Å². The lowest BCUT2D eigenvalue weighted by Gasteiger charge is -2.09. The minimum absolute atomic E-state index is 0.347. The van der Waals surface area contributed by atoms with E-state index in [1.54, 1.807) is 30.5 Å². The molecule has 2 aromatic rings. The second-order valence-corrected chi connectivity index (χ2v) is 4.57. The van der Waals surface area contributed by atoms with Gasteiger partial charge in [0, 0.05) is 0 Å². The lowest BCUT2D eigenvalue weighted by atomic mass is 10.2. The molecule has 2 rings (SSSR count). The van der Waals surface area contributed by atoms with E-state index in [1.807, 2.05) is 24.3 Å². The minimum atomic E-state index is -0.398. The van der Waals surface area contributed by atoms with Crippen molar-refractivity contribution < 1.29 is 19.0 Å². The Bertz CT molecular complexity index is 686.